The average molecular weight is 161 g/mol. The van der Waals surface area contributed by atoms with Crippen LogP contribution in [0.15, 0.2) is 24.3 Å². The summed E-state index contributed by atoms with van der Waals surface area (Å²) in [5.74, 6) is 0. The van der Waals surface area contributed by atoms with Gasteiger partial charge in [0.05, 0.1) is 6.10 Å². The van der Waals surface area contributed by atoms with E-state index >= 15 is 0 Å². The second-order valence-electron chi connectivity index (χ2n) is 2.97. The number of aliphatic hydroxyl groups excluding tert-OH is 1. The Morgan fingerprint density at radius 2 is 1.83 bits per heavy atom. The first-order valence-corrected chi connectivity index (χ1v) is 3.90. The molecule has 0 saturated carbocycles. The van der Waals surface area contributed by atoms with Gasteiger partial charge in [-0.2, -0.15) is 0 Å². The molecule has 0 spiro atoms. The predicted octanol–water partition coefficient (Wildman–Crippen LogP) is -0.139. The lowest BCUT2D eigenvalue weighted by molar-refractivity contribution is 0.153. The summed E-state index contributed by atoms with van der Waals surface area (Å²) in [5, 5.41) is 9.52. The third-order valence-electron chi connectivity index (χ3n) is 1.78. The lowest BCUT2D eigenvalue weighted by Gasteiger charge is -2.14. The van der Waals surface area contributed by atoms with Crippen molar-refractivity contribution in [3.63, 3.8) is 0 Å². The minimum Gasteiger partial charge on any atom is -0.387 e. The highest BCUT2D eigenvalue weighted by atomic mass is 16.3. The lowest BCUT2D eigenvalue weighted by atomic mass is 9.93. The van der Waals surface area contributed by atoms with E-state index in [1.165, 1.54) is 0 Å². The second-order valence-corrected chi connectivity index (χ2v) is 2.97. The first-order chi connectivity index (χ1) is 5.61. The highest BCUT2D eigenvalue weighted by Crippen LogP contribution is 2.13. The summed E-state index contributed by atoms with van der Waals surface area (Å²) in [7, 11) is 5.49. The Bertz CT molecular complexity index is 245. The van der Waals surface area contributed by atoms with Crippen molar-refractivity contribution in [3.8, 4) is 0 Å². The third kappa shape index (κ3) is 2.09. The van der Waals surface area contributed by atoms with E-state index in [1.807, 2.05) is 0 Å². The van der Waals surface area contributed by atoms with Crippen molar-refractivity contribution in [3.05, 3.63) is 29.8 Å². The van der Waals surface area contributed by atoms with Gasteiger partial charge in [0, 0.05) is 6.04 Å². The Morgan fingerprint density at radius 1 is 1.33 bits per heavy atom. The maximum Gasteiger partial charge on any atom is 0.113 e. The molecule has 2 radical (unpaired) electrons. The Kier molecular flexibility index (Phi) is 2.90. The quantitative estimate of drug-likeness (QED) is 0.593. The molecule has 2 atom stereocenters. The van der Waals surface area contributed by atoms with Crippen LogP contribution in [0, 0.1) is 0 Å². The molecule has 1 rings (SSSR count). The Labute approximate surface area is 73.8 Å². The van der Waals surface area contributed by atoms with Crippen molar-refractivity contribution in [1.82, 2.24) is 0 Å². The molecule has 1 aromatic rings. The second kappa shape index (κ2) is 3.74. The molecule has 62 valence electrons. The first kappa shape index (κ1) is 9.29. The molecule has 3 N–H and O–H groups in total. The highest BCUT2D eigenvalue weighted by molar-refractivity contribution is 6.32. The molecule has 0 aliphatic heterocycles. The van der Waals surface area contributed by atoms with Gasteiger partial charge in [0.25, 0.3) is 0 Å². The SMILES string of the molecule is [B]c1ccc([C@@H](O)C(C)N)cc1. The fourth-order valence-electron chi connectivity index (χ4n) is 0.997. The van der Waals surface area contributed by atoms with Gasteiger partial charge in [0.2, 0.25) is 0 Å². The summed E-state index contributed by atoms with van der Waals surface area (Å²) in [6.45, 7) is 1.76. The van der Waals surface area contributed by atoms with E-state index in [4.69, 9.17) is 13.6 Å². The standard InChI is InChI=1S/C9H12BNO/c1-6(11)9(12)7-2-4-8(10)5-3-7/h2-6,9,12H,11H2,1H3/t6?,9-/m0/s1. The Hall–Kier alpha value is -0.795. The van der Waals surface area contributed by atoms with E-state index in [0.29, 0.717) is 5.46 Å². The van der Waals surface area contributed by atoms with Crippen LogP contribution in [0.5, 0.6) is 0 Å². The zero-order valence-corrected chi connectivity index (χ0v) is 7.07. The van der Waals surface area contributed by atoms with E-state index in [1.54, 1.807) is 31.2 Å². The van der Waals surface area contributed by atoms with Gasteiger partial charge in [-0.05, 0) is 12.5 Å². The molecule has 0 saturated heterocycles. The van der Waals surface area contributed by atoms with Crippen molar-refractivity contribution >= 4 is 13.3 Å². The third-order valence-corrected chi connectivity index (χ3v) is 1.78. The summed E-state index contributed by atoms with van der Waals surface area (Å²) >= 11 is 0. The summed E-state index contributed by atoms with van der Waals surface area (Å²) in [6.07, 6.45) is -0.606. The molecular weight excluding hydrogens is 149 g/mol. The maximum atomic E-state index is 9.52. The van der Waals surface area contributed by atoms with E-state index in [9.17, 15) is 5.11 Å². The molecule has 1 aromatic carbocycles. The molecule has 0 heterocycles. The monoisotopic (exact) mass is 161 g/mol. The minimum atomic E-state index is -0.606. The molecule has 0 aromatic heterocycles. The summed E-state index contributed by atoms with van der Waals surface area (Å²) in [6, 6.07) is 6.81. The normalized spacial score (nSPS) is 15.6. The van der Waals surface area contributed by atoms with Gasteiger partial charge in [-0.25, -0.2) is 0 Å². The van der Waals surface area contributed by atoms with Crippen molar-refractivity contribution < 1.29 is 5.11 Å². The van der Waals surface area contributed by atoms with Crippen molar-refractivity contribution in [2.75, 3.05) is 0 Å². The van der Waals surface area contributed by atoms with Crippen molar-refractivity contribution in [2.45, 2.75) is 19.1 Å². The van der Waals surface area contributed by atoms with Crippen LogP contribution in [0.4, 0.5) is 0 Å². The van der Waals surface area contributed by atoms with E-state index in [-0.39, 0.29) is 6.04 Å². The Balaban J connectivity index is 2.82. The molecule has 0 aliphatic rings. The number of rotatable bonds is 2. The predicted molar refractivity (Wildman–Crippen MR) is 50.4 cm³/mol. The molecule has 1 unspecified atom stereocenters. The van der Waals surface area contributed by atoms with Gasteiger partial charge in [0.1, 0.15) is 7.85 Å². The molecular formula is C9H12BNO. The van der Waals surface area contributed by atoms with Crippen LogP contribution in [0.2, 0.25) is 0 Å². The molecule has 0 bridgehead atoms. The van der Waals surface area contributed by atoms with E-state index in [2.05, 4.69) is 0 Å². The number of benzene rings is 1. The topological polar surface area (TPSA) is 46.2 Å². The maximum absolute atomic E-state index is 9.52. The largest absolute Gasteiger partial charge is 0.387 e. The molecule has 3 heteroatoms. The van der Waals surface area contributed by atoms with Crippen LogP contribution < -0.4 is 11.2 Å². The van der Waals surface area contributed by atoms with Crippen molar-refractivity contribution in [1.29, 1.82) is 0 Å². The lowest BCUT2D eigenvalue weighted by Crippen LogP contribution is -2.24. The fraction of sp³-hybridized carbons (Fsp3) is 0.333. The molecule has 0 aliphatic carbocycles. The zero-order chi connectivity index (χ0) is 9.14. The Morgan fingerprint density at radius 3 is 2.25 bits per heavy atom. The summed E-state index contributed by atoms with van der Waals surface area (Å²) in [5.41, 5.74) is 7.02. The molecule has 0 amide bonds. The first-order valence-electron chi connectivity index (χ1n) is 3.90. The molecule has 12 heavy (non-hydrogen) atoms. The summed E-state index contributed by atoms with van der Waals surface area (Å²) in [4.78, 5) is 0. The number of hydrogen-bond acceptors (Lipinski definition) is 2. The number of hydrogen-bond donors (Lipinski definition) is 2. The van der Waals surface area contributed by atoms with Gasteiger partial charge in [-0.1, -0.05) is 29.7 Å². The number of aliphatic hydroxyl groups is 1. The van der Waals surface area contributed by atoms with Gasteiger partial charge in [0.15, 0.2) is 0 Å². The average Bonchev–Trinajstić information content (AvgIpc) is 2.04. The number of nitrogens with two attached hydrogens (primary N) is 1. The van der Waals surface area contributed by atoms with Crippen LogP contribution in [0.3, 0.4) is 0 Å². The smallest absolute Gasteiger partial charge is 0.113 e. The molecule has 2 nitrogen and oxygen atoms in total. The van der Waals surface area contributed by atoms with Gasteiger partial charge >= 0.3 is 0 Å². The highest BCUT2D eigenvalue weighted by Gasteiger charge is 2.10. The van der Waals surface area contributed by atoms with Gasteiger partial charge in [-0.15, -0.1) is 0 Å². The van der Waals surface area contributed by atoms with E-state index in [0.717, 1.165) is 5.56 Å². The van der Waals surface area contributed by atoms with Crippen LogP contribution in [0.25, 0.3) is 0 Å². The zero-order valence-electron chi connectivity index (χ0n) is 7.07. The van der Waals surface area contributed by atoms with Crippen molar-refractivity contribution in [2.24, 2.45) is 5.73 Å². The molecule has 0 fully saturated rings. The van der Waals surface area contributed by atoms with Crippen LogP contribution >= 0.6 is 0 Å². The summed E-state index contributed by atoms with van der Waals surface area (Å²) < 4.78 is 0. The van der Waals surface area contributed by atoms with Crippen LogP contribution in [-0.2, 0) is 0 Å². The van der Waals surface area contributed by atoms with Gasteiger partial charge in [-0.3, -0.25) is 0 Å². The van der Waals surface area contributed by atoms with Gasteiger partial charge < -0.3 is 10.8 Å². The van der Waals surface area contributed by atoms with Crippen LogP contribution in [0.1, 0.15) is 18.6 Å². The fourth-order valence-corrected chi connectivity index (χ4v) is 0.997. The minimum absolute atomic E-state index is 0.256. The van der Waals surface area contributed by atoms with Crippen LogP contribution in [-0.4, -0.2) is 19.0 Å². The van der Waals surface area contributed by atoms with E-state index < -0.39 is 6.10 Å².